The molecule has 0 aliphatic rings. The molecular weight excluding hydrogens is 252 g/mol. The highest BCUT2D eigenvalue weighted by Crippen LogP contribution is 2.24. The van der Waals surface area contributed by atoms with Gasteiger partial charge in [0.25, 0.3) is 0 Å². The summed E-state index contributed by atoms with van der Waals surface area (Å²) in [5.41, 5.74) is 2.46. The molecule has 1 aromatic carbocycles. The predicted octanol–water partition coefficient (Wildman–Crippen LogP) is 2.41. The van der Waals surface area contributed by atoms with E-state index >= 15 is 0 Å². The Morgan fingerprint density at radius 3 is 2.65 bits per heavy atom. The first-order valence-corrected chi connectivity index (χ1v) is 6.19. The third kappa shape index (κ3) is 1.66. The minimum absolute atomic E-state index is 0.563. The van der Waals surface area contributed by atoms with Crippen LogP contribution in [0.25, 0.3) is 33.9 Å². The second-order valence-corrected chi connectivity index (χ2v) is 4.34. The number of fused-ring (bicyclic) bond motifs is 1. The Kier molecular flexibility index (Phi) is 2.32. The fourth-order valence-electron chi connectivity index (χ4n) is 2.12. The smallest absolute Gasteiger partial charge is 0.200 e. The minimum Gasteiger partial charge on any atom is -0.277 e. The van der Waals surface area contributed by atoms with E-state index in [4.69, 9.17) is 0 Å². The van der Waals surface area contributed by atoms with Crippen molar-refractivity contribution in [2.24, 2.45) is 0 Å². The highest BCUT2D eigenvalue weighted by Gasteiger charge is 2.13. The Morgan fingerprint density at radius 2 is 1.75 bits per heavy atom. The average Bonchev–Trinajstić information content (AvgIpc) is 3.14. The average molecular weight is 262 g/mol. The highest BCUT2D eigenvalue weighted by molar-refractivity contribution is 5.91. The number of hydrogen-bond acceptors (Lipinski definition) is 4. The van der Waals surface area contributed by atoms with Crippen molar-refractivity contribution >= 4 is 10.9 Å². The van der Waals surface area contributed by atoms with Gasteiger partial charge in [0.1, 0.15) is 11.4 Å². The Hall–Kier alpha value is -3.02. The molecule has 0 amide bonds. The summed E-state index contributed by atoms with van der Waals surface area (Å²) in [7, 11) is 0. The van der Waals surface area contributed by atoms with Crippen molar-refractivity contribution in [2.75, 3.05) is 0 Å². The number of pyridine rings is 1. The summed E-state index contributed by atoms with van der Waals surface area (Å²) in [6.45, 7) is 0. The van der Waals surface area contributed by atoms with Crippen LogP contribution in [0.1, 0.15) is 0 Å². The summed E-state index contributed by atoms with van der Waals surface area (Å²) in [5.74, 6) is 1.19. The summed E-state index contributed by atoms with van der Waals surface area (Å²) >= 11 is 0. The van der Waals surface area contributed by atoms with E-state index in [0.29, 0.717) is 11.6 Å². The number of rotatable bonds is 2. The van der Waals surface area contributed by atoms with Crippen molar-refractivity contribution in [1.29, 1.82) is 0 Å². The van der Waals surface area contributed by atoms with Crippen LogP contribution in [0, 0.1) is 0 Å². The number of aromatic amines is 2. The molecule has 0 radical (unpaired) electrons. The normalized spacial score (nSPS) is 11.0. The monoisotopic (exact) mass is 262 g/mol. The molecule has 0 saturated carbocycles. The second kappa shape index (κ2) is 4.27. The Labute approximate surface area is 113 Å². The Morgan fingerprint density at radius 1 is 0.850 bits per heavy atom. The lowest BCUT2D eigenvalue weighted by Crippen LogP contribution is -1.84. The second-order valence-electron chi connectivity index (χ2n) is 4.34. The van der Waals surface area contributed by atoms with E-state index in [1.54, 1.807) is 6.20 Å². The number of hydrogen-bond donors (Lipinski definition) is 2. The van der Waals surface area contributed by atoms with Crippen LogP contribution in [0.5, 0.6) is 0 Å². The van der Waals surface area contributed by atoms with Crippen molar-refractivity contribution in [3.8, 4) is 23.0 Å². The fourth-order valence-corrected chi connectivity index (χ4v) is 2.12. The van der Waals surface area contributed by atoms with Crippen LogP contribution < -0.4 is 0 Å². The molecule has 0 aliphatic carbocycles. The van der Waals surface area contributed by atoms with Gasteiger partial charge in [0.05, 0.1) is 5.52 Å². The van der Waals surface area contributed by atoms with Gasteiger partial charge in [-0.3, -0.25) is 15.2 Å². The molecule has 96 valence electrons. The van der Waals surface area contributed by atoms with E-state index in [9.17, 15) is 0 Å². The maximum atomic E-state index is 4.46. The van der Waals surface area contributed by atoms with E-state index in [1.807, 2.05) is 42.5 Å². The van der Waals surface area contributed by atoms with Crippen LogP contribution in [-0.4, -0.2) is 30.4 Å². The third-order valence-corrected chi connectivity index (χ3v) is 3.07. The molecule has 0 saturated heterocycles. The molecule has 0 spiro atoms. The SMILES string of the molecule is c1ccc(-c2n[nH]c(-c3n[nH]c4ccccc34)n2)nc1. The van der Waals surface area contributed by atoms with Crippen molar-refractivity contribution in [1.82, 2.24) is 30.4 Å². The van der Waals surface area contributed by atoms with E-state index in [1.165, 1.54) is 0 Å². The molecule has 3 aromatic heterocycles. The van der Waals surface area contributed by atoms with Crippen LogP contribution in [0.4, 0.5) is 0 Å². The largest absolute Gasteiger partial charge is 0.277 e. The number of nitrogens with one attached hydrogen (secondary N) is 2. The highest BCUT2D eigenvalue weighted by atomic mass is 15.2. The summed E-state index contributed by atoms with van der Waals surface area (Å²) < 4.78 is 0. The van der Waals surface area contributed by atoms with Gasteiger partial charge in [0.2, 0.25) is 0 Å². The molecule has 2 N–H and O–H groups in total. The quantitative estimate of drug-likeness (QED) is 0.581. The van der Waals surface area contributed by atoms with Crippen LogP contribution in [0.15, 0.2) is 48.7 Å². The molecule has 4 aromatic rings. The van der Waals surface area contributed by atoms with Gasteiger partial charge < -0.3 is 0 Å². The number of aromatic nitrogens is 6. The van der Waals surface area contributed by atoms with Crippen molar-refractivity contribution in [3.05, 3.63) is 48.7 Å². The van der Waals surface area contributed by atoms with Gasteiger partial charge in [-0.25, -0.2) is 4.98 Å². The van der Waals surface area contributed by atoms with Crippen LogP contribution >= 0.6 is 0 Å². The van der Waals surface area contributed by atoms with Gasteiger partial charge in [-0.15, -0.1) is 0 Å². The first-order valence-electron chi connectivity index (χ1n) is 6.19. The minimum atomic E-state index is 0.563. The molecule has 4 rings (SSSR count). The zero-order chi connectivity index (χ0) is 13.4. The molecule has 6 heteroatoms. The lowest BCUT2D eigenvalue weighted by atomic mass is 10.2. The van der Waals surface area contributed by atoms with E-state index in [0.717, 1.165) is 22.3 Å². The molecule has 0 fully saturated rings. The fraction of sp³-hybridized carbons (Fsp3) is 0. The van der Waals surface area contributed by atoms with Gasteiger partial charge in [0, 0.05) is 11.6 Å². The van der Waals surface area contributed by atoms with Crippen LogP contribution in [0.2, 0.25) is 0 Å². The molecule has 6 nitrogen and oxygen atoms in total. The third-order valence-electron chi connectivity index (χ3n) is 3.07. The van der Waals surface area contributed by atoms with Gasteiger partial charge in [-0.1, -0.05) is 24.3 Å². The van der Waals surface area contributed by atoms with E-state index < -0.39 is 0 Å². The molecule has 20 heavy (non-hydrogen) atoms. The summed E-state index contributed by atoms with van der Waals surface area (Å²) in [6, 6.07) is 13.5. The maximum Gasteiger partial charge on any atom is 0.200 e. The summed E-state index contributed by atoms with van der Waals surface area (Å²) in [4.78, 5) is 8.69. The van der Waals surface area contributed by atoms with Crippen LogP contribution in [-0.2, 0) is 0 Å². The van der Waals surface area contributed by atoms with Crippen molar-refractivity contribution in [2.45, 2.75) is 0 Å². The first-order chi connectivity index (χ1) is 9.92. The van der Waals surface area contributed by atoms with Crippen molar-refractivity contribution < 1.29 is 0 Å². The van der Waals surface area contributed by atoms with Gasteiger partial charge >= 0.3 is 0 Å². The molecule has 0 unspecified atom stereocenters. The van der Waals surface area contributed by atoms with Gasteiger partial charge in [-0.05, 0) is 18.2 Å². The topological polar surface area (TPSA) is 83.1 Å². The lowest BCUT2D eigenvalue weighted by Gasteiger charge is -1.91. The standard InChI is InChI=1S/C14H10N6/c1-2-6-10-9(5-1)12(18-17-10)14-16-13(19-20-14)11-7-3-4-8-15-11/h1-8H,(H,17,18)(H,16,19,20). The van der Waals surface area contributed by atoms with E-state index in [-0.39, 0.29) is 0 Å². The van der Waals surface area contributed by atoms with Crippen LogP contribution in [0.3, 0.4) is 0 Å². The van der Waals surface area contributed by atoms with Gasteiger partial charge in [-0.2, -0.15) is 10.2 Å². The van der Waals surface area contributed by atoms with Crippen molar-refractivity contribution in [3.63, 3.8) is 0 Å². The first kappa shape index (κ1) is 10.9. The number of nitrogens with zero attached hydrogens (tertiary/aromatic N) is 4. The number of benzene rings is 1. The lowest BCUT2D eigenvalue weighted by molar-refractivity contribution is 1.06. The summed E-state index contributed by atoms with van der Waals surface area (Å²) in [5, 5.41) is 15.4. The number of para-hydroxylation sites is 1. The van der Waals surface area contributed by atoms with E-state index in [2.05, 4.69) is 30.4 Å². The van der Waals surface area contributed by atoms with Gasteiger partial charge in [0.15, 0.2) is 11.6 Å². The Balaban J connectivity index is 1.82. The molecule has 0 bridgehead atoms. The molecule has 0 atom stereocenters. The maximum absolute atomic E-state index is 4.46. The predicted molar refractivity (Wildman–Crippen MR) is 74.7 cm³/mol. The Bertz CT molecular complexity index is 861. The zero-order valence-corrected chi connectivity index (χ0v) is 10.4. The zero-order valence-electron chi connectivity index (χ0n) is 10.4. The molecular formula is C14H10N6. The molecule has 3 heterocycles. The molecule has 0 aliphatic heterocycles. The summed E-state index contributed by atoms with van der Waals surface area (Å²) in [6.07, 6.45) is 1.72. The number of H-pyrrole nitrogens is 2.